The summed E-state index contributed by atoms with van der Waals surface area (Å²) in [4.78, 5) is 25.6. The molecule has 3 N–H and O–H groups in total. The number of hydrogen-bond acceptors (Lipinski definition) is 3. The van der Waals surface area contributed by atoms with Crippen LogP contribution in [0.2, 0.25) is 5.02 Å². The van der Waals surface area contributed by atoms with Crippen LogP contribution >= 0.6 is 22.9 Å². The molecule has 4 nitrogen and oxygen atoms in total. The van der Waals surface area contributed by atoms with E-state index >= 15 is 0 Å². The summed E-state index contributed by atoms with van der Waals surface area (Å²) in [7, 11) is 0. The minimum absolute atomic E-state index is 0.286. The van der Waals surface area contributed by atoms with Gasteiger partial charge < -0.3 is 11.1 Å². The summed E-state index contributed by atoms with van der Waals surface area (Å²) < 4.78 is 0. The van der Waals surface area contributed by atoms with Crippen LogP contribution in [0, 0.1) is 5.92 Å². The van der Waals surface area contributed by atoms with Gasteiger partial charge in [-0.25, -0.2) is 0 Å². The van der Waals surface area contributed by atoms with E-state index < -0.39 is 5.91 Å². The lowest BCUT2D eigenvalue weighted by molar-refractivity contribution is 0.1000. The molecule has 1 heterocycles. The van der Waals surface area contributed by atoms with Gasteiger partial charge in [-0.2, -0.15) is 0 Å². The molecule has 1 aromatic carbocycles. The van der Waals surface area contributed by atoms with Gasteiger partial charge in [0.15, 0.2) is 0 Å². The van der Waals surface area contributed by atoms with Crippen LogP contribution in [0.3, 0.4) is 0 Å². The zero-order valence-electron chi connectivity index (χ0n) is 13.4. The van der Waals surface area contributed by atoms with Crippen molar-refractivity contribution in [3.63, 3.8) is 0 Å². The van der Waals surface area contributed by atoms with Gasteiger partial charge in [0.25, 0.3) is 11.8 Å². The molecule has 24 heavy (non-hydrogen) atoms. The third-order valence-electron chi connectivity index (χ3n) is 4.50. The topological polar surface area (TPSA) is 72.2 Å². The molecule has 126 valence electrons. The van der Waals surface area contributed by atoms with E-state index in [-0.39, 0.29) is 5.91 Å². The highest BCUT2D eigenvalue weighted by atomic mass is 35.5. The van der Waals surface area contributed by atoms with Crippen molar-refractivity contribution in [1.82, 2.24) is 0 Å². The van der Waals surface area contributed by atoms with Crippen molar-refractivity contribution in [1.29, 1.82) is 0 Å². The molecule has 6 heteroatoms. The Balaban J connectivity index is 1.92. The zero-order chi connectivity index (χ0) is 17.3. The molecule has 2 aromatic rings. The number of halogens is 1. The van der Waals surface area contributed by atoms with Crippen LogP contribution in [0.5, 0.6) is 0 Å². The van der Waals surface area contributed by atoms with E-state index in [1.54, 1.807) is 24.3 Å². The number of nitrogens with one attached hydrogen (secondary N) is 1. The Kier molecular flexibility index (Phi) is 4.92. The molecule has 0 spiro atoms. The molecule has 0 fully saturated rings. The highest BCUT2D eigenvalue weighted by molar-refractivity contribution is 7.17. The van der Waals surface area contributed by atoms with Gasteiger partial charge in [-0.15, -0.1) is 11.3 Å². The van der Waals surface area contributed by atoms with Crippen LogP contribution in [0.1, 0.15) is 50.9 Å². The normalized spacial score (nSPS) is 16.5. The summed E-state index contributed by atoms with van der Waals surface area (Å²) in [5, 5.41) is 3.89. The van der Waals surface area contributed by atoms with Crippen molar-refractivity contribution in [2.24, 2.45) is 11.7 Å². The second kappa shape index (κ2) is 6.95. The molecular formula is C18H19ClN2O2S. The molecule has 1 aliphatic carbocycles. The quantitative estimate of drug-likeness (QED) is 0.852. The van der Waals surface area contributed by atoms with Gasteiger partial charge in [-0.05, 0) is 48.9 Å². The molecular weight excluding hydrogens is 344 g/mol. The molecule has 0 saturated heterocycles. The Morgan fingerprint density at radius 3 is 2.88 bits per heavy atom. The van der Waals surface area contributed by atoms with Crippen molar-refractivity contribution >= 4 is 39.8 Å². The number of thiophene rings is 1. The molecule has 1 aliphatic rings. The van der Waals surface area contributed by atoms with Crippen molar-refractivity contribution in [2.75, 3.05) is 5.32 Å². The maximum atomic E-state index is 12.5. The van der Waals surface area contributed by atoms with Gasteiger partial charge >= 0.3 is 0 Å². The standard InChI is InChI=1S/C18H19ClN2O2S/c1-2-10-6-7-13-14(8-10)24-18(15(13)16(20)22)21-17(23)11-4-3-5-12(19)9-11/h3-5,9-10H,2,6-8H2,1H3,(H2,20,22)(H,21,23). The predicted molar refractivity (Wildman–Crippen MR) is 98.0 cm³/mol. The van der Waals surface area contributed by atoms with E-state index in [2.05, 4.69) is 12.2 Å². The summed E-state index contributed by atoms with van der Waals surface area (Å²) in [5.41, 5.74) is 7.52. The summed E-state index contributed by atoms with van der Waals surface area (Å²) >= 11 is 7.41. The largest absolute Gasteiger partial charge is 0.365 e. The molecule has 0 radical (unpaired) electrons. The monoisotopic (exact) mass is 362 g/mol. The van der Waals surface area contributed by atoms with Gasteiger partial charge in [0.05, 0.1) is 5.56 Å². The van der Waals surface area contributed by atoms with Crippen LogP contribution in [0.4, 0.5) is 5.00 Å². The molecule has 2 amide bonds. The van der Waals surface area contributed by atoms with Gasteiger partial charge in [0.2, 0.25) is 0 Å². The van der Waals surface area contributed by atoms with Gasteiger partial charge in [-0.1, -0.05) is 31.0 Å². The van der Waals surface area contributed by atoms with E-state index in [1.165, 1.54) is 16.2 Å². The van der Waals surface area contributed by atoms with E-state index in [0.717, 1.165) is 31.2 Å². The smallest absolute Gasteiger partial charge is 0.256 e. The summed E-state index contributed by atoms with van der Waals surface area (Å²) in [6, 6.07) is 6.71. The first-order valence-corrected chi connectivity index (χ1v) is 9.20. The van der Waals surface area contributed by atoms with Gasteiger partial charge in [0.1, 0.15) is 5.00 Å². The SMILES string of the molecule is CCC1CCc2c(sc(NC(=O)c3cccc(Cl)c3)c2C(N)=O)C1. The number of benzene rings is 1. The number of carbonyl (C=O) groups excluding carboxylic acids is 2. The van der Waals surface area contributed by atoms with Crippen LogP contribution in [0.15, 0.2) is 24.3 Å². The van der Waals surface area contributed by atoms with E-state index in [1.807, 2.05) is 0 Å². The Morgan fingerprint density at radius 2 is 2.21 bits per heavy atom. The maximum Gasteiger partial charge on any atom is 0.256 e. The summed E-state index contributed by atoms with van der Waals surface area (Å²) in [6.45, 7) is 2.18. The lowest BCUT2D eigenvalue weighted by Gasteiger charge is -2.20. The Morgan fingerprint density at radius 1 is 1.42 bits per heavy atom. The minimum atomic E-state index is -0.483. The zero-order valence-corrected chi connectivity index (χ0v) is 15.0. The number of rotatable bonds is 4. The fraction of sp³-hybridized carbons (Fsp3) is 0.333. The Hall–Kier alpha value is -1.85. The fourth-order valence-electron chi connectivity index (χ4n) is 3.16. The van der Waals surface area contributed by atoms with Crippen LogP contribution in [-0.4, -0.2) is 11.8 Å². The average molecular weight is 363 g/mol. The lowest BCUT2D eigenvalue weighted by atomic mass is 9.85. The van der Waals surface area contributed by atoms with E-state index in [4.69, 9.17) is 17.3 Å². The average Bonchev–Trinajstić information content (AvgIpc) is 2.91. The van der Waals surface area contributed by atoms with Crippen LogP contribution < -0.4 is 11.1 Å². The molecule has 3 rings (SSSR count). The van der Waals surface area contributed by atoms with Crippen LogP contribution in [0.25, 0.3) is 0 Å². The summed E-state index contributed by atoms with van der Waals surface area (Å²) in [6.07, 6.45) is 3.97. The molecule has 0 bridgehead atoms. The number of carbonyl (C=O) groups is 2. The molecule has 1 unspecified atom stereocenters. The first-order chi connectivity index (χ1) is 11.5. The maximum absolute atomic E-state index is 12.5. The third kappa shape index (κ3) is 3.32. The molecule has 1 aromatic heterocycles. The molecule has 0 saturated carbocycles. The second-order valence-corrected chi connectivity index (χ2v) is 7.60. The highest BCUT2D eigenvalue weighted by Gasteiger charge is 2.28. The Labute approximate surface area is 150 Å². The van der Waals surface area contributed by atoms with Crippen molar-refractivity contribution < 1.29 is 9.59 Å². The highest BCUT2D eigenvalue weighted by Crippen LogP contribution is 2.40. The number of fused-ring (bicyclic) bond motifs is 1. The van der Waals surface area contributed by atoms with E-state index in [9.17, 15) is 9.59 Å². The van der Waals surface area contributed by atoms with Gasteiger partial charge in [0, 0.05) is 15.5 Å². The van der Waals surface area contributed by atoms with Gasteiger partial charge in [-0.3, -0.25) is 9.59 Å². The second-order valence-electron chi connectivity index (χ2n) is 6.05. The Bertz CT molecular complexity index is 800. The summed E-state index contributed by atoms with van der Waals surface area (Å²) in [5.74, 6) is -0.136. The fourth-order valence-corrected chi connectivity index (χ4v) is 4.71. The minimum Gasteiger partial charge on any atom is -0.365 e. The first kappa shape index (κ1) is 17.0. The number of amides is 2. The number of anilines is 1. The number of hydrogen-bond donors (Lipinski definition) is 2. The number of nitrogens with two attached hydrogens (primary N) is 1. The third-order valence-corrected chi connectivity index (χ3v) is 5.91. The van der Waals surface area contributed by atoms with Crippen molar-refractivity contribution in [2.45, 2.75) is 32.6 Å². The lowest BCUT2D eigenvalue weighted by Crippen LogP contribution is -2.19. The number of primary amides is 1. The first-order valence-electron chi connectivity index (χ1n) is 8.00. The molecule has 0 aliphatic heterocycles. The van der Waals surface area contributed by atoms with Crippen molar-refractivity contribution in [3.05, 3.63) is 50.9 Å². The molecule has 1 atom stereocenters. The van der Waals surface area contributed by atoms with Crippen LogP contribution in [-0.2, 0) is 12.8 Å². The van der Waals surface area contributed by atoms with E-state index in [0.29, 0.717) is 27.1 Å². The van der Waals surface area contributed by atoms with Crippen molar-refractivity contribution in [3.8, 4) is 0 Å². The predicted octanol–water partition coefficient (Wildman–Crippen LogP) is 4.27.